The molecule has 0 aliphatic carbocycles. The van der Waals surface area contributed by atoms with E-state index in [9.17, 15) is 9.18 Å². The molecule has 1 aromatic carbocycles. The minimum atomic E-state index is -1.88. The summed E-state index contributed by atoms with van der Waals surface area (Å²) in [5, 5.41) is 17.7. The van der Waals surface area contributed by atoms with Gasteiger partial charge in [-0.05, 0) is 18.5 Å². The van der Waals surface area contributed by atoms with Gasteiger partial charge < -0.3 is 14.8 Å². The number of aldehydes is 1. The summed E-state index contributed by atoms with van der Waals surface area (Å²) in [5.41, 5.74) is -0.568. The molecule has 1 aromatic rings. The highest BCUT2D eigenvalue weighted by Crippen LogP contribution is 2.18. The molecule has 0 aliphatic heterocycles. The highest BCUT2D eigenvalue weighted by Gasteiger charge is 2.21. The molecule has 0 radical (unpaired) electrons. The fraction of sp³-hybridized carbons (Fsp3) is 0.222. The summed E-state index contributed by atoms with van der Waals surface area (Å²) in [6.07, 6.45) is 0.229. The molecule has 0 bridgehead atoms. The fourth-order valence-corrected chi connectivity index (χ4v) is 1.20. The predicted molar refractivity (Wildman–Crippen MR) is 52.8 cm³/mol. The molecule has 0 heterocycles. The van der Waals surface area contributed by atoms with Crippen molar-refractivity contribution in [1.82, 2.24) is 0 Å². The van der Waals surface area contributed by atoms with Gasteiger partial charge in [-0.1, -0.05) is 6.07 Å². The highest BCUT2D eigenvalue weighted by molar-refractivity contribution is 6.60. The maximum atomic E-state index is 13.5. The number of carbonyl (C=O) groups is 1. The summed E-state index contributed by atoms with van der Waals surface area (Å²) in [5.74, 6) is -0.957. The van der Waals surface area contributed by atoms with Gasteiger partial charge in [0.2, 0.25) is 0 Å². The molecule has 80 valence electrons. The Labute approximate surface area is 86.4 Å². The largest absolute Gasteiger partial charge is 0.491 e. The monoisotopic (exact) mass is 212 g/mol. The van der Waals surface area contributed by atoms with Crippen LogP contribution in [0.5, 0.6) is 5.75 Å². The van der Waals surface area contributed by atoms with Gasteiger partial charge >= 0.3 is 7.12 Å². The molecule has 0 amide bonds. The first-order valence-electron chi connectivity index (χ1n) is 4.38. The van der Waals surface area contributed by atoms with Crippen molar-refractivity contribution in [1.29, 1.82) is 0 Å². The Balaban J connectivity index is 3.26. The Bertz CT molecular complexity index is 367. The van der Waals surface area contributed by atoms with Gasteiger partial charge in [-0.25, -0.2) is 4.39 Å². The quantitative estimate of drug-likeness (QED) is 0.531. The molecule has 1 rings (SSSR count). The first-order chi connectivity index (χ1) is 7.11. The molecule has 2 N–H and O–H groups in total. The zero-order valence-electron chi connectivity index (χ0n) is 8.11. The maximum Gasteiger partial charge on any atom is 0.489 e. The number of ether oxygens (including phenoxy) is 1. The molecule has 4 nitrogen and oxygen atoms in total. The fourth-order valence-electron chi connectivity index (χ4n) is 1.20. The third kappa shape index (κ3) is 2.34. The molecule has 0 saturated heterocycles. The third-order valence-corrected chi connectivity index (χ3v) is 1.87. The number of rotatable bonds is 4. The topological polar surface area (TPSA) is 66.8 Å². The van der Waals surface area contributed by atoms with Crippen molar-refractivity contribution in [3.8, 4) is 5.75 Å². The van der Waals surface area contributed by atoms with Crippen LogP contribution in [0.3, 0.4) is 0 Å². The molecule has 0 fully saturated rings. The Morgan fingerprint density at radius 3 is 2.67 bits per heavy atom. The van der Waals surface area contributed by atoms with Crippen molar-refractivity contribution >= 4 is 18.9 Å². The van der Waals surface area contributed by atoms with E-state index in [0.29, 0.717) is 0 Å². The van der Waals surface area contributed by atoms with Crippen LogP contribution in [-0.4, -0.2) is 30.1 Å². The third-order valence-electron chi connectivity index (χ3n) is 1.87. The second kappa shape index (κ2) is 4.90. The summed E-state index contributed by atoms with van der Waals surface area (Å²) >= 11 is 0. The molecule has 0 aliphatic rings. The Morgan fingerprint density at radius 2 is 2.20 bits per heavy atom. The first-order valence-corrected chi connectivity index (χ1v) is 4.38. The summed E-state index contributed by atoms with van der Waals surface area (Å²) in [4.78, 5) is 10.6. The van der Waals surface area contributed by atoms with Crippen LogP contribution in [-0.2, 0) is 0 Å². The molecule has 0 atom stereocenters. The van der Waals surface area contributed by atoms with Gasteiger partial charge in [-0.15, -0.1) is 0 Å². The zero-order valence-corrected chi connectivity index (χ0v) is 8.11. The van der Waals surface area contributed by atoms with Crippen LogP contribution in [0.1, 0.15) is 17.3 Å². The molecule has 0 spiro atoms. The Morgan fingerprint density at radius 1 is 1.53 bits per heavy atom. The van der Waals surface area contributed by atoms with E-state index in [1.54, 1.807) is 6.92 Å². The van der Waals surface area contributed by atoms with Crippen LogP contribution in [0.2, 0.25) is 0 Å². The Kier molecular flexibility index (Phi) is 3.82. The van der Waals surface area contributed by atoms with Crippen molar-refractivity contribution in [2.75, 3.05) is 6.61 Å². The van der Waals surface area contributed by atoms with E-state index in [1.165, 1.54) is 12.1 Å². The molecule has 0 aromatic heterocycles. The molecular weight excluding hydrogens is 202 g/mol. The highest BCUT2D eigenvalue weighted by atomic mass is 19.1. The first kappa shape index (κ1) is 11.7. The maximum absolute atomic E-state index is 13.5. The van der Waals surface area contributed by atoms with Gasteiger partial charge in [-0.3, -0.25) is 4.79 Å². The van der Waals surface area contributed by atoms with Gasteiger partial charge in [0.25, 0.3) is 0 Å². The van der Waals surface area contributed by atoms with Crippen LogP contribution >= 0.6 is 0 Å². The minimum absolute atomic E-state index is 0.0796. The van der Waals surface area contributed by atoms with E-state index in [2.05, 4.69) is 0 Å². The molecule has 6 heteroatoms. The van der Waals surface area contributed by atoms with Crippen molar-refractivity contribution < 1.29 is 24.0 Å². The van der Waals surface area contributed by atoms with E-state index < -0.39 is 18.5 Å². The normalized spacial score (nSPS) is 9.87. The summed E-state index contributed by atoms with van der Waals surface area (Å²) in [7, 11) is -1.88. The van der Waals surface area contributed by atoms with E-state index in [4.69, 9.17) is 14.8 Å². The molecular formula is C9H10BFO4. The number of halogens is 1. The van der Waals surface area contributed by atoms with Crippen molar-refractivity contribution in [2.24, 2.45) is 0 Å². The summed E-state index contributed by atoms with van der Waals surface area (Å²) in [6.45, 7) is 1.94. The molecule has 0 unspecified atom stereocenters. The van der Waals surface area contributed by atoms with E-state index in [0.717, 1.165) is 0 Å². The van der Waals surface area contributed by atoms with Gasteiger partial charge in [0.05, 0.1) is 12.2 Å². The van der Waals surface area contributed by atoms with Crippen LogP contribution < -0.4 is 10.2 Å². The summed E-state index contributed by atoms with van der Waals surface area (Å²) in [6, 6.07) is 2.49. The second-order valence-corrected chi connectivity index (χ2v) is 2.81. The smallest absolute Gasteiger partial charge is 0.489 e. The standard InChI is InChI=1S/C9H10BFO4/c1-2-15-8-4-3-7(10(13)14)6(5-12)9(8)11/h3-5,13-14H,2H2,1H3. The number of hydrogen-bond donors (Lipinski definition) is 2. The van der Waals surface area contributed by atoms with Crippen LogP contribution in [0.25, 0.3) is 0 Å². The van der Waals surface area contributed by atoms with E-state index in [1.807, 2.05) is 0 Å². The lowest BCUT2D eigenvalue weighted by atomic mass is 9.77. The molecule has 0 saturated carbocycles. The van der Waals surface area contributed by atoms with Crippen LogP contribution in [0, 0.1) is 5.82 Å². The minimum Gasteiger partial charge on any atom is -0.491 e. The predicted octanol–water partition coefficient (Wildman–Crippen LogP) is -0.283. The second-order valence-electron chi connectivity index (χ2n) is 2.81. The number of carbonyl (C=O) groups excluding carboxylic acids is 1. The van der Waals surface area contributed by atoms with Gasteiger partial charge in [0.15, 0.2) is 17.9 Å². The van der Waals surface area contributed by atoms with E-state index in [-0.39, 0.29) is 24.1 Å². The lowest BCUT2D eigenvalue weighted by Gasteiger charge is -2.09. The van der Waals surface area contributed by atoms with Crippen molar-refractivity contribution in [3.63, 3.8) is 0 Å². The van der Waals surface area contributed by atoms with Crippen molar-refractivity contribution in [2.45, 2.75) is 6.92 Å². The van der Waals surface area contributed by atoms with Gasteiger partial charge in [0, 0.05) is 0 Å². The average Bonchev–Trinajstić information content (AvgIpc) is 2.20. The number of benzene rings is 1. The Hall–Kier alpha value is -1.40. The SMILES string of the molecule is CCOc1ccc(B(O)O)c(C=O)c1F. The van der Waals surface area contributed by atoms with Crippen molar-refractivity contribution in [3.05, 3.63) is 23.5 Å². The average molecular weight is 212 g/mol. The van der Waals surface area contributed by atoms with Crippen LogP contribution in [0.4, 0.5) is 4.39 Å². The lowest BCUT2D eigenvalue weighted by molar-refractivity contribution is 0.111. The lowest BCUT2D eigenvalue weighted by Crippen LogP contribution is -2.33. The van der Waals surface area contributed by atoms with E-state index >= 15 is 0 Å². The van der Waals surface area contributed by atoms with Crippen LogP contribution in [0.15, 0.2) is 12.1 Å². The van der Waals surface area contributed by atoms with Gasteiger partial charge in [-0.2, -0.15) is 0 Å². The van der Waals surface area contributed by atoms with Gasteiger partial charge in [0.1, 0.15) is 0 Å². The number of hydrogen-bond acceptors (Lipinski definition) is 4. The zero-order chi connectivity index (χ0) is 11.4. The molecule has 15 heavy (non-hydrogen) atoms. The summed E-state index contributed by atoms with van der Waals surface area (Å²) < 4.78 is 18.4.